The number of aliphatic carboxylic acids is 1. The number of rotatable bonds is 3. The molecule has 1 aliphatic rings. The van der Waals surface area contributed by atoms with Crippen molar-refractivity contribution in [1.82, 2.24) is 4.90 Å². The molecule has 18 heavy (non-hydrogen) atoms. The summed E-state index contributed by atoms with van der Waals surface area (Å²) < 4.78 is 0. The minimum absolute atomic E-state index is 0.0322. The molecule has 1 saturated heterocycles. The molecule has 2 rings (SSSR count). The fourth-order valence-electron chi connectivity index (χ4n) is 2.79. The number of carbonyl (C=O) groups is 1. The molecule has 1 N–H and O–H groups in total. The van der Waals surface area contributed by atoms with Crippen LogP contribution >= 0.6 is 11.6 Å². The van der Waals surface area contributed by atoms with Crippen LogP contribution in [0.2, 0.25) is 5.02 Å². The molecule has 0 bridgehead atoms. The number of hydrogen-bond acceptors (Lipinski definition) is 2. The highest BCUT2D eigenvalue weighted by Crippen LogP contribution is 2.35. The summed E-state index contributed by atoms with van der Waals surface area (Å²) in [5, 5.41) is 10.0. The fourth-order valence-corrected chi connectivity index (χ4v) is 3.08. The van der Waals surface area contributed by atoms with Crippen molar-refractivity contribution >= 4 is 17.6 Å². The Labute approximate surface area is 112 Å². The van der Waals surface area contributed by atoms with Crippen LogP contribution in [0.15, 0.2) is 24.3 Å². The van der Waals surface area contributed by atoms with E-state index in [1.165, 1.54) is 0 Å². The number of likely N-dealkylation sites (tertiary alicyclic amines) is 1. The van der Waals surface area contributed by atoms with Crippen molar-refractivity contribution in [2.75, 3.05) is 6.54 Å². The van der Waals surface area contributed by atoms with Crippen LogP contribution < -0.4 is 0 Å². The van der Waals surface area contributed by atoms with Gasteiger partial charge in [0.15, 0.2) is 0 Å². The average molecular weight is 268 g/mol. The van der Waals surface area contributed by atoms with Gasteiger partial charge in [-0.1, -0.05) is 36.7 Å². The summed E-state index contributed by atoms with van der Waals surface area (Å²) in [7, 11) is 0. The molecule has 0 radical (unpaired) electrons. The van der Waals surface area contributed by atoms with Gasteiger partial charge < -0.3 is 5.11 Å². The summed E-state index contributed by atoms with van der Waals surface area (Å²) in [4.78, 5) is 13.4. The molecule has 1 fully saturated rings. The highest BCUT2D eigenvalue weighted by molar-refractivity contribution is 6.31. The zero-order valence-corrected chi connectivity index (χ0v) is 11.4. The lowest BCUT2D eigenvalue weighted by atomic mass is 10.0. The van der Waals surface area contributed by atoms with Crippen molar-refractivity contribution in [2.45, 2.75) is 32.4 Å². The third kappa shape index (κ3) is 2.38. The second kappa shape index (κ2) is 5.29. The lowest BCUT2D eigenvalue weighted by Gasteiger charge is -2.30. The van der Waals surface area contributed by atoms with Gasteiger partial charge in [0.1, 0.15) is 6.04 Å². The Morgan fingerprint density at radius 3 is 2.78 bits per heavy atom. The molecule has 3 unspecified atom stereocenters. The van der Waals surface area contributed by atoms with Crippen LogP contribution in [0.5, 0.6) is 0 Å². The SMILES string of the molecule is CC1CCN(C(C)c2ccccc2Cl)C1C(=O)O. The van der Waals surface area contributed by atoms with Crippen molar-refractivity contribution in [3.8, 4) is 0 Å². The van der Waals surface area contributed by atoms with E-state index in [9.17, 15) is 9.90 Å². The molecule has 3 atom stereocenters. The van der Waals surface area contributed by atoms with Gasteiger partial charge in [0.25, 0.3) is 0 Å². The first-order chi connectivity index (χ1) is 8.52. The first kappa shape index (κ1) is 13.4. The third-order valence-electron chi connectivity index (χ3n) is 3.84. The Hall–Kier alpha value is -1.06. The van der Waals surface area contributed by atoms with E-state index in [0.717, 1.165) is 18.5 Å². The molecule has 1 aromatic rings. The molecule has 0 spiro atoms. The van der Waals surface area contributed by atoms with Crippen molar-refractivity contribution < 1.29 is 9.90 Å². The fraction of sp³-hybridized carbons (Fsp3) is 0.500. The monoisotopic (exact) mass is 267 g/mol. The minimum atomic E-state index is -0.737. The standard InChI is InChI=1S/C14H18ClNO2/c1-9-7-8-16(13(9)14(17)18)10(2)11-5-3-4-6-12(11)15/h3-6,9-10,13H,7-8H2,1-2H3,(H,17,18). The molecule has 0 amide bonds. The summed E-state index contributed by atoms with van der Waals surface area (Å²) in [5.74, 6) is -0.550. The van der Waals surface area contributed by atoms with E-state index >= 15 is 0 Å². The Balaban J connectivity index is 2.26. The summed E-state index contributed by atoms with van der Waals surface area (Å²) in [6.45, 7) is 4.83. The van der Waals surface area contributed by atoms with Gasteiger partial charge in [-0.3, -0.25) is 9.69 Å². The Bertz CT molecular complexity index is 449. The Morgan fingerprint density at radius 1 is 1.50 bits per heavy atom. The van der Waals surface area contributed by atoms with E-state index in [2.05, 4.69) is 0 Å². The minimum Gasteiger partial charge on any atom is -0.480 e. The summed E-state index contributed by atoms with van der Waals surface area (Å²) in [6.07, 6.45) is 0.922. The van der Waals surface area contributed by atoms with E-state index in [-0.39, 0.29) is 12.0 Å². The van der Waals surface area contributed by atoms with Crippen LogP contribution in [0.3, 0.4) is 0 Å². The van der Waals surface area contributed by atoms with Crippen molar-refractivity contribution in [2.24, 2.45) is 5.92 Å². The molecule has 0 aromatic heterocycles. The number of carboxylic acid groups (broad SMARTS) is 1. The van der Waals surface area contributed by atoms with Crippen molar-refractivity contribution in [3.63, 3.8) is 0 Å². The average Bonchev–Trinajstić information content (AvgIpc) is 2.71. The van der Waals surface area contributed by atoms with Crippen LogP contribution in [0.1, 0.15) is 31.9 Å². The van der Waals surface area contributed by atoms with Gasteiger partial charge in [-0.05, 0) is 37.4 Å². The molecular weight excluding hydrogens is 250 g/mol. The maximum absolute atomic E-state index is 11.4. The first-order valence-electron chi connectivity index (χ1n) is 6.25. The van der Waals surface area contributed by atoms with Crippen molar-refractivity contribution in [1.29, 1.82) is 0 Å². The van der Waals surface area contributed by atoms with Gasteiger partial charge in [0, 0.05) is 11.1 Å². The van der Waals surface area contributed by atoms with Crippen LogP contribution in [-0.4, -0.2) is 28.6 Å². The van der Waals surface area contributed by atoms with Crippen molar-refractivity contribution in [3.05, 3.63) is 34.9 Å². The predicted molar refractivity (Wildman–Crippen MR) is 71.8 cm³/mol. The molecule has 98 valence electrons. The van der Waals surface area contributed by atoms with E-state index < -0.39 is 12.0 Å². The number of benzene rings is 1. The van der Waals surface area contributed by atoms with Crippen LogP contribution in [0.4, 0.5) is 0 Å². The molecule has 1 aromatic carbocycles. The summed E-state index contributed by atoms with van der Waals surface area (Å²) >= 11 is 6.19. The molecule has 0 aliphatic carbocycles. The van der Waals surface area contributed by atoms with E-state index in [0.29, 0.717) is 5.02 Å². The smallest absolute Gasteiger partial charge is 0.321 e. The summed E-state index contributed by atoms with van der Waals surface area (Å²) in [6, 6.07) is 7.27. The molecule has 0 saturated carbocycles. The molecule has 1 aliphatic heterocycles. The number of nitrogens with zero attached hydrogens (tertiary/aromatic N) is 1. The number of carboxylic acids is 1. The lowest BCUT2D eigenvalue weighted by Crippen LogP contribution is -2.40. The molecule has 3 nitrogen and oxygen atoms in total. The van der Waals surface area contributed by atoms with Crippen LogP contribution in [0.25, 0.3) is 0 Å². The van der Waals surface area contributed by atoms with Crippen LogP contribution in [-0.2, 0) is 4.79 Å². The van der Waals surface area contributed by atoms with Gasteiger partial charge in [0.05, 0.1) is 0 Å². The third-order valence-corrected chi connectivity index (χ3v) is 4.19. The maximum atomic E-state index is 11.4. The van der Waals surface area contributed by atoms with E-state index in [4.69, 9.17) is 11.6 Å². The second-order valence-electron chi connectivity index (χ2n) is 4.98. The topological polar surface area (TPSA) is 40.5 Å². The molecule has 4 heteroatoms. The maximum Gasteiger partial charge on any atom is 0.321 e. The highest BCUT2D eigenvalue weighted by Gasteiger charge is 2.39. The quantitative estimate of drug-likeness (QED) is 0.914. The van der Waals surface area contributed by atoms with E-state index in [1.54, 1.807) is 0 Å². The first-order valence-corrected chi connectivity index (χ1v) is 6.63. The number of halogens is 1. The van der Waals surface area contributed by atoms with Gasteiger partial charge in [-0.2, -0.15) is 0 Å². The van der Waals surface area contributed by atoms with E-state index in [1.807, 2.05) is 43.0 Å². The van der Waals surface area contributed by atoms with Gasteiger partial charge in [-0.15, -0.1) is 0 Å². The molecule has 1 heterocycles. The Morgan fingerprint density at radius 2 is 2.17 bits per heavy atom. The largest absolute Gasteiger partial charge is 0.480 e. The number of hydrogen-bond donors (Lipinski definition) is 1. The van der Waals surface area contributed by atoms with Crippen LogP contribution in [0, 0.1) is 5.92 Å². The lowest BCUT2D eigenvalue weighted by molar-refractivity contribution is -0.144. The van der Waals surface area contributed by atoms with Gasteiger partial charge >= 0.3 is 5.97 Å². The second-order valence-corrected chi connectivity index (χ2v) is 5.39. The normalized spacial score (nSPS) is 26.2. The van der Waals surface area contributed by atoms with Gasteiger partial charge in [0.2, 0.25) is 0 Å². The highest BCUT2D eigenvalue weighted by atomic mass is 35.5. The zero-order valence-electron chi connectivity index (χ0n) is 10.6. The zero-order chi connectivity index (χ0) is 13.3. The molecular formula is C14H18ClNO2. The predicted octanol–water partition coefficient (Wildman–Crippen LogP) is 3.20. The van der Waals surface area contributed by atoms with Gasteiger partial charge in [-0.25, -0.2) is 0 Å². The summed E-state index contributed by atoms with van der Waals surface area (Å²) in [5.41, 5.74) is 1.000. The Kier molecular flexibility index (Phi) is 3.93.